The van der Waals surface area contributed by atoms with Crippen LogP contribution in [0, 0.1) is 5.82 Å². The van der Waals surface area contributed by atoms with Gasteiger partial charge in [-0.3, -0.25) is 0 Å². The van der Waals surface area contributed by atoms with Gasteiger partial charge in [-0.05, 0) is 17.2 Å². The van der Waals surface area contributed by atoms with Gasteiger partial charge in [0.1, 0.15) is 5.82 Å². The van der Waals surface area contributed by atoms with Crippen molar-refractivity contribution in [3.8, 4) is 11.1 Å². The second-order valence-electron chi connectivity index (χ2n) is 7.11. The maximum atomic E-state index is 14.0. The zero-order valence-corrected chi connectivity index (χ0v) is 16.8. The van der Waals surface area contributed by atoms with Gasteiger partial charge in [0.25, 0.3) is 5.88 Å². The van der Waals surface area contributed by atoms with Crippen LogP contribution in [0.4, 0.5) is 10.3 Å². The van der Waals surface area contributed by atoms with Crippen LogP contribution in [-0.2, 0) is 0 Å². The van der Waals surface area contributed by atoms with E-state index in [1.807, 2.05) is 74.4 Å². The number of nitrogens with zero attached hydrogens (tertiary/aromatic N) is 4. The molecule has 0 saturated heterocycles. The molecule has 0 radical (unpaired) electrons. The summed E-state index contributed by atoms with van der Waals surface area (Å²) in [5.74, 6) is 1.04. The fourth-order valence-electron chi connectivity index (χ4n) is 3.05. The fourth-order valence-corrected chi connectivity index (χ4v) is 3.05. The molecule has 2 aromatic carbocycles. The van der Waals surface area contributed by atoms with E-state index < -0.39 is 0 Å². The molecule has 0 bridgehead atoms. The topological polar surface area (TPSA) is 44.9 Å². The number of halogens is 1. The molecule has 146 valence electrons. The molecule has 3 rings (SSSR count). The van der Waals surface area contributed by atoms with Crippen molar-refractivity contribution in [1.82, 2.24) is 15.0 Å². The van der Waals surface area contributed by atoms with Gasteiger partial charge in [0.05, 0.1) is 5.69 Å². The van der Waals surface area contributed by atoms with Gasteiger partial charge in [0.2, 0.25) is 5.96 Å². The van der Waals surface area contributed by atoms with Crippen LogP contribution in [0.1, 0.15) is 24.1 Å². The Labute approximate surface area is 165 Å². The third-order valence-electron chi connectivity index (χ3n) is 4.57. The van der Waals surface area contributed by atoms with Gasteiger partial charge in [-0.2, -0.15) is 4.99 Å². The summed E-state index contributed by atoms with van der Waals surface area (Å²) in [4.78, 5) is 8.34. The van der Waals surface area contributed by atoms with Crippen LogP contribution in [0.2, 0.25) is 0 Å². The Morgan fingerprint density at radius 1 is 1.00 bits per heavy atom. The number of hydrogen-bond donors (Lipinski definition) is 0. The highest BCUT2D eigenvalue weighted by Gasteiger charge is 2.15. The molecule has 0 aliphatic heterocycles. The van der Waals surface area contributed by atoms with E-state index in [0.29, 0.717) is 11.4 Å². The number of aliphatic imine (C=N–C) groups is 1. The average Bonchev–Trinajstić information content (AvgIpc) is 3.14. The van der Waals surface area contributed by atoms with Crippen molar-refractivity contribution in [3.05, 3.63) is 71.7 Å². The van der Waals surface area contributed by atoms with Gasteiger partial charge in [0, 0.05) is 45.7 Å². The Kier molecular flexibility index (Phi) is 5.78. The highest BCUT2D eigenvalue weighted by Crippen LogP contribution is 2.29. The molecule has 0 aliphatic rings. The number of hydrogen-bond acceptors (Lipinski definition) is 3. The molecule has 6 heteroatoms. The third kappa shape index (κ3) is 4.22. The summed E-state index contributed by atoms with van der Waals surface area (Å²) in [5, 5.41) is 4.18. The molecule has 5 nitrogen and oxygen atoms in total. The van der Waals surface area contributed by atoms with Crippen LogP contribution in [0.5, 0.6) is 0 Å². The first-order valence-corrected chi connectivity index (χ1v) is 9.11. The van der Waals surface area contributed by atoms with E-state index in [2.05, 4.69) is 17.1 Å². The van der Waals surface area contributed by atoms with Gasteiger partial charge < -0.3 is 14.3 Å². The van der Waals surface area contributed by atoms with Crippen LogP contribution in [0.15, 0.2) is 64.1 Å². The van der Waals surface area contributed by atoms with Gasteiger partial charge in [-0.1, -0.05) is 54.5 Å². The molecule has 0 N–H and O–H groups in total. The molecule has 0 aliphatic carbocycles. The first-order chi connectivity index (χ1) is 13.4. The minimum absolute atomic E-state index is 0.0320. The normalized spacial score (nSPS) is 11.8. The first kappa shape index (κ1) is 19.6. The van der Waals surface area contributed by atoms with E-state index in [4.69, 9.17) is 4.52 Å². The summed E-state index contributed by atoms with van der Waals surface area (Å²) in [5.41, 5.74) is 3.32. The van der Waals surface area contributed by atoms with Crippen LogP contribution in [0.25, 0.3) is 11.1 Å². The van der Waals surface area contributed by atoms with E-state index in [9.17, 15) is 4.39 Å². The van der Waals surface area contributed by atoms with Crippen molar-refractivity contribution in [2.45, 2.75) is 12.8 Å². The maximum absolute atomic E-state index is 14.0. The lowest BCUT2D eigenvalue weighted by molar-refractivity contribution is 0.414. The molecule has 0 fully saturated rings. The van der Waals surface area contributed by atoms with E-state index >= 15 is 0 Å². The Morgan fingerprint density at radius 3 is 2.25 bits per heavy atom. The van der Waals surface area contributed by atoms with Crippen molar-refractivity contribution in [2.75, 3.05) is 28.2 Å². The highest BCUT2D eigenvalue weighted by molar-refractivity contribution is 5.81. The van der Waals surface area contributed by atoms with Gasteiger partial charge in [-0.25, -0.2) is 4.39 Å². The number of rotatable bonds is 4. The second-order valence-corrected chi connectivity index (χ2v) is 7.11. The average molecular weight is 380 g/mol. The van der Waals surface area contributed by atoms with Gasteiger partial charge in [0.15, 0.2) is 0 Å². The largest absolute Gasteiger partial charge is 0.349 e. The molecule has 28 heavy (non-hydrogen) atoms. The van der Waals surface area contributed by atoms with Crippen molar-refractivity contribution >= 4 is 11.8 Å². The van der Waals surface area contributed by atoms with Crippen LogP contribution < -0.4 is 0 Å². The van der Waals surface area contributed by atoms with Gasteiger partial charge in [-0.15, -0.1) is 0 Å². The summed E-state index contributed by atoms with van der Waals surface area (Å²) >= 11 is 0. The SMILES string of the molecule is CC(c1ccc(-c2ccccc2F)cc1)c1cc(N=C(N(C)C)N(C)C)on1. The Bertz CT molecular complexity index is 951. The van der Waals surface area contributed by atoms with E-state index in [-0.39, 0.29) is 11.7 Å². The maximum Gasteiger partial charge on any atom is 0.253 e. The minimum Gasteiger partial charge on any atom is -0.349 e. The smallest absolute Gasteiger partial charge is 0.253 e. The van der Waals surface area contributed by atoms with Gasteiger partial charge >= 0.3 is 0 Å². The molecular weight excluding hydrogens is 355 g/mol. The summed E-state index contributed by atoms with van der Waals surface area (Å²) in [6.07, 6.45) is 0. The predicted octanol–water partition coefficient (Wildman–Crippen LogP) is 4.74. The summed E-state index contributed by atoms with van der Waals surface area (Å²) in [6, 6.07) is 16.5. The molecule has 1 atom stereocenters. The van der Waals surface area contributed by atoms with Crippen molar-refractivity contribution in [3.63, 3.8) is 0 Å². The number of benzene rings is 2. The number of aromatic nitrogens is 1. The Morgan fingerprint density at radius 2 is 1.64 bits per heavy atom. The third-order valence-corrected chi connectivity index (χ3v) is 4.57. The molecule has 0 amide bonds. The minimum atomic E-state index is -0.222. The quantitative estimate of drug-likeness (QED) is 0.484. The lowest BCUT2D eigenvalue weighted by atomic mass is 9.95. The van der Waals surface area contributed by atoms with Crippen LogP contribution in [-0.4, -0.2) is 49.1 Å². The zero-order chi connectivity index (χ0) is 20.3. The standard InChI is InChI=1S/C22H25FN4O/c1-15(20-14-21(28-25-20)24-22(26(2)3)27(4)5)16-10-12-17(13-11-16)18-8-6-7-9-19(18)23/h6-15H,1-5H3. The molecule has 0 saturated carbocycles. The first-order valence-electron chi connectivity index (χ1n) is 9.11. The molecule has 0 spiro atoms. The molecule has 3 aromatic rings. The van der Waals surface area contributed by atoms with Crippen molar-refractivity contribution < 1.29 is 8.91 Å². The Hall–Kier alpha value is -3.15. The summed E-state index contributed by atoms with van der Waals surface area (Å²) in [6.45, 7) is 2.06. The lowest BCUT2D eigenvalue weighted by Gasteiger charge is -2.21. The van der Waals surface area contributed by atoms with Crippen LogP contribution >= 0.6 is 0 Å². The fraction of sp³-hybridized carbons (Fsp3) is 0.273. The van der Waals surface area contributed by atoms with E-state index in [0.717, 1.165) is 22.8 Å². The monoisotopic (exact) mass is 380 g/mol. The molecular formula is C22H25FN4O. The second kappa shape index (κ2) is 8.25. The summed E-state index contributed by atoms with van der Waals surface area (Å²) < 4.78 is 19.4. The van der Waals surface area contributed by atoms with Crippen molar-refractivity contribution in [2.24, 2.45) is 4.99 Å². The van der Waals surface area contributed by atoms with Crippen LogP contribution in [0.3, 0.4) is 0 Å². The Balaban J connectivity index is 1.81. The van der Waals surface area contributed by atoms with E-state index in [1.54, 1.807) is 12.1 Å². The number of guanidine groups is 1. The zero-order valence-electron chi connectivity index (χ0n) is 16.8. The molecule has 1 heterocycles. The highest BCUT2D eigenvalue weighted by atomic mass is 19.1. The lowest BCUT2D eigenvalue weighted by Crippen LogP contribution is -2.35. The molecule has 1 aromatic heterocycles. The predicted molar refractivity (Wildman–Crippen MR) is 110 cm³/mol. The molecule has 1 unspecified atom stereocenters. The van der Waals surface area contributed by atoms with E-state index in [1.165, 1.54) is 6.07 Å². The summed E-state index contributed by atoms with van der Waals surface area (Å²) in [7, 11) is 7.71. The van der Waals surface area contributed by atoms with Crippen molar-refractivity contribution in [1.29, 1.82) is 0 Å².